The highest BCUT2D eigenvalue weighted by atomic mass is 16.5. The number of para-hydroxylation sites is 2. The molecular formula is C26H27N3O3. The van der Waals surface area contributed by atoms with Gasteiger partial charge in [0.1, 0.15) is 5.82 Å². The van der Waals surface area contributed by atoms with Crippen molar-refractivity contribution in [2.75, 3.05) is 14.2 Å². The summed E-state index contributed by atoms with van der Waals surface area (Å²) in [5, 5.41) is 2.99. The lowest BCUT2D eigenvalue weighted by Gasteiger charge is -2.12. The summed E-state index contributed by atoms with van der Waals surface area (Å²) in [6.07, 6.45) is 1.98. The van der Waals surface area contributed by atoms with Gasteiger partial charge in [-0.3, -0.25) is 4.79 Å². The fourth-order valence-corrected chi connectivity index (χ4v) is 3.83. The Kier molecular flexibility index (Phi) is 6.70. The van der Waals surface area contributed by atoms with Gasteiger partial charge in [-0.05, 0) is 48.7 Å². The summed E-state index contributed by atoms with van der Waals surface area (Å²) in [5.41, 5.74) is 3.84. The van der Waals surface area contributed by atoms with Gasteiger partial charge in [0, 0.05) is 12.1 Å². The molecule has 0 aliphatic heterocycles. The van der Waals surface area contributed by atoms with Crippen LogP contribution in [0.2, 0.25) is 0 Å². The Morgan fingerprint density at radius 3 is 2.47 bits per heavy atom. The molecule has 32 heavy (non-hydrogen) atoms. The van der Waals surface area contributed by atoms with Crippen molar-refractivity contribution in [2.45, 2.75) is 25.9 Å². The summed E-state index contributed by atoms with van der Waals surface area (Å²) in [6.45, 7) is 1.17. The molecular weight excluding hydrogens is 402 g/mol. The molecule has 1 aromatic heterocycles. The highest BCUT2D eigenvalue weighted by Gasteiger charge is 2.14. The Morgan fingerprint density at radius 1 is 0.938 bits per heavy atom. The third-order valence-electron chi connectivity index (χ3n) is 5.48. The van der Waals surface area contributed by atoms with Crippen molar-refractivity contribution < 1.29 is 14.3 Å². The van der Waals surface area contributed by atoms with E-state index < -0.39 is 0 Å². The highest BCUT2D eigenvalue weighted by molar-refractivity contribution is 5.94. The fraction of sp³-hybridized carbons (Fsp3) is 0.231. The van der Waals surface area contributed by atoms with E-state index in [-0.39, 0.29) is 5.91 Å². The van der Waals surface area contributed by atoms with Crippen LogP contribution in [0, 0.1) is 0 Å². The highest BCUT2D eigenvalue weighted by Crippen LogP contribution is 2.27. The molecule has 6 heteroatoms. The van der Waals surface area contributed by atoms with Crippen molar-refractivity contribution in [1.82, 2.24) is 14.9 Å². The van der Waals surface area contributed by atoms with Gasteiger partial charge >= 0.3 is 0 Å². The average Bonchev–Trinajstić information content (AvgIpc) is 3.20. The van der Waals surface area contributed by atoms with Crippen LogP contribution in [0.5, 0.6) is 11.5 Å². The summed E-state index contributed by atoms with van der Waals surface area (Å²) < 4.78 is 12.8. The van der Waals surface area contributed by atoms with E-state index >= 15 is 0 Å². The first-order valence-corrected chi connectivity index (χ1v) is 10.7. The first kappa shape index (κ1) is 21.4. The monoisotopic (exact) mass is 429 g/mol. The fourth-order valence-electron chi connectivity index (χ4n) is 3.83. The van der Waals surface area contributed by atoms with Gasteiger partial charge in [-0.25, -0.2) is 4.98 Å². The molecule has 1 amide bonds. The van der Waals surface area contributed by atoms with Crippen LogP contribution in [0.15, 0.2) is 72.8 Å². The van der Waals surface area contributed by atoms with Gasteiger partial charge in [0.05, 0.1) is 31.8 Å². The molecule has 0 unspecified atom stereocenters. The van der Waals surface area contributed by atoms with E-state index in [1.165, 1.54) is 5.56 Å². The van der Waals surface area contributed by atoms with Crippen molar-refractivity contribution in [2.24, 2.45) is 0 Å². The number of hydrogen-bond donors (Lipinski definition) is 1. The molecule has 0 saturated heterocycles. The second-order valence-corrected chi connectivity index (χ2v) is 7.51. The molecule has 164 valence electrons. The molecule has 0 fully saturated rings. The Bertz CT molecular complexity index is 1200. The number of aryl methyl sites for hydroxylation is 2. The van der Waals surface area contributed by atoms with E-state index in [0.29, 0.717) is 23.6 Å². The second kappa shape index (κ2) is 10.0. The second-order valence-electron chi connectivity index (χ2n) is 7.51. The zero-order valence-electron chi connectivity index (χ0n) is 18.4. The molecule has 0 aliphatic rings. The van der Waals surface area contributed by atoms with Crippen LogP contribution in [-0.2, 0) is 19.5 Å². The SMILES string of the molecule is COc1ccc(C(=O)NCc2nc3ccccc3n2CCCc2ccccc2)cc1OC. The molecule has 0 spiro atoms. The number of nitrogens with zero attached hydrogens (tertiary/aromatic N) is 2. The van der Waals surface area contributed by atoms with Crippen molar-refractivity contribution >= 4 is 16.9 Å². The minimum atomic E-state index is -0.186. The number of aromatic nitrogens is 2. The molecule has 0 aliphatic carbocycles. The first-order chi connectivity index (χ1) is 15.7. The number of hydrogen-bond acceptors (Lipinski definition) is 4. The molecule has 4 aromatic rings. The maximum atomic E-state index is 12.8. The molecule has 4 rings (SSSR count). The Labute approximate surface area is 187 Å². The molecule has 0 saturated carbocycles. The van der Waals surface area contributed by atoms with E-state index in [1.54, 1.807) is 32.4 Å². The number of imidazole rings is 1. The predicted octanol–water partition coefficient (Wildman–Crippen LogP) is 4.62. The van der Waals surface area contributed by atoms with E-state index in [1.807, 2.05) is 24.3 Å². The van der Waals surface area contributed by atoms with Crippen molar-refractivity contribution in [1.29, 1.82) is 0 Å². The molecule has 0 bridgehead atoms. The lowest BCUT2D eigenvalue weighted by atomic mass is 10.1. The van der Waals surface area contributed by atoms with Crippen molar-refractivity contribution in [3.05, 3.63) is 89.7 Å². The normalized spacial score (nSPS) is 10.8. The summed E-state index contributed by atoms with van der Waals surface area (Å²) in [4.78, 5) is 17.5. The smallest absolute Gasteiger partial charge is 0.251 e. The zero-order valence-corrected chi connectivity index (χ0v) is 18.4. The van der Waals surface area contributed by atoms with E-state index in [9.17, 15) is 4.79 Å². The van der Waals surface area contributed by atoms with Gasteiger partial charge in [0.15, 0.2) is 11.5 Å². The maximum absolute atomic E-state index is 12.8. The van der Waals surface area contributed by atoms with Crippen LogP contribution in [-0.4, -0.2) is 29.7 Å². The lowest BCUT2D eigenvalue weighted by molar-refractivity contribution is 0.0949. The Morgan fingerprint density at radius 2 is 1.69 bits per heavy atom. The summed E-state index contributed by atoms with van der Waals surface area (Å²) in [5.74, 6) is 1.76. The lowest BCUT2D eigenvalue weighted by Crippen LogP contribution is -2.25. The Balaban J connectivity index is 1.48. The third kappa shape index (κ3) is 4.75. The minimum Gasteiger partial charge on any atom is -0.493 e. The van der Waals surface area contributed by atoms with E-state index in [2.05, 4.69) is 40.2 Å². The predicted molar refractivity (Wildman–Crippen MR) is 125 cm³/mol. The van der Waals surface area contributed by atoms with Crippen LogP contribution < -0.4 is 14.8 Å². The summed E-state index contributed by atoms with van der Waals surface area (Å²) in [7, 11) is 3.12. The number of nitrogens with one attached hydrogen (secondary N) is 1. The van der Waals surface area contributed by atoms with Crippen LogP contribution in [0.3, 0.4) is 0 Å². The van der Waals surface area contributed by atoms with E-state index in [4.69, 9.17) is 14.5 Å². The largest absolute Gasteiger partial charge is 0.493 e. The first-order valence-electron chi connectivity index (χ1n) is 10.7. The third-order valence-corrected chi connectivity index (χ3v) is 5.48. The zero-order chi connectivity index (χ0) is 22.3. The number of benzene rings is 3. The molecule has 1 heterocycles. The molecule has 3 aromatic carbocycles. The van der Waals surface area contributed by atoms with Gasteiger partial charge in [-0.1, -0.05) is 42.5 Å². The number of amides is 1. The number of rotatable bonds is 9. The van der Waals surface area contributed by atoms with Gasteiger partial charge in [-0.15, -0.1) is 0 Å². The standard InChI is InChI=1S/C26H27N3O3/c1-31-23-15-14-20(17-24(23)32-2)26(30)27-18-25-28-21-12-6-7-13-22(21)29(25)16-8-11-19-9-4-3-5-10-19/h3-7,9-10,12-15,17H,8,11,16,18H2,1-2H3,(H,27,30). The topological polar surface area (TPSA) is 65.4 Å². The number of carbonyl (C=O) groups is 1. The summed E-state index contributed by atoms with van der Waals surface area (Å²) >= 11 is 0. The number of methoxy groups -OCH3 is 2. The Hall–Kier alpha value is -3.80. The van der Waals surface area contributed by atoms with Gasteiger partial charge in [0.2, 0.25) is 0 Å². The van der Waals surface area contributed by atoms with Gasteiger partial charge < -0.3 is 19.4 Å². The molecule has 0 radical (unpaired) electrons. The number of carbonyl (C=O) groups excluding carboxylic acids is 1. The van der Waals surface area contributed by atoms with Gasteiger partial charge in [0.25, 0.3) is 5.91 Å². The quantitative estimate of drug-likeness (QED) is 0.422. The van der Waals surface area contributed by atoms with Crippen LogP contribution in [0.1, 0.15) is 28.2 Å². The van der Waals surface area contributed by atoms with Crippen LogP contribution in [0.4, 0.5) is 0 Å². The average molecular weight is 430 g/mol. The minimum absolute atomic E-state index is 0.186. The maximum Gasteiger partial charge on any atom is 0.251 e. The van der Waals surface area contributed by atoms with Crippen LogP contribution in [0.25, 0.3) is 11.0 Å². The number of fused-ring (bicyclic) bond motifs is 1. The van der Waals surface area contributed by atoms with Crippen molar-refractivity contribution in [3.8, 4) is 11.5 Å². The van der Waals surface area contributed by atoms with Crippen molar-refractivity contribution in [3.63, 3.8) is 0 Å². The number of ether oxygens (including phenoxy) is 2. The van der Waals surface area contributed by atoms with Crippen LogP contribution >= 0.6 is 0 Å². The summed E-state index contributed by atoms with van der Waals surface area (Å²) in [6, 6.07) is 23.7. The molecule has 0 atom stereocenters. The molecule has 1 N–H and O–H groups in total. The van der Waals surface area contributed by atoms with Gasteiger partial charge in [-0.2, -0.15) is 0 Å². The molecule has 6 nitrogen and oxygen atoms in total. The van der Waals surface area contributed by atoms with E-state index in [0.717, 1.165) is 36.2 Å².